The van der Waals surface area contributed by atoms with Crippen LogP contribution in [0, 0.1) is 11.3 Å². The molecule has 0 saturated heterocycles. The first-order chi connectivity index (χ1) is 8.65. The Labute approximate surface area is 118 Å². The molecular formula is C14H30N2O2S. The SMILES string of the molecule is CCNC1C(CN(C)CCS(C)(=O)=O)CCC1(C)C. The number of nitrogens with zero attached hydrogens (tertiary/aromatic N) is 1. The summed E-state index contributed by atoms with van der Waals surface area (Å²) in [5.74, 6) is 0.880. The fraction of sp³-hybridized carbons (Fsp3) is 1.00. The van der Waals surface area contributed by atoms with Crippen LogP contribution in [0.1, 0.15) is 33.6 Å². The minimum absolute atomic E-state index is 0.255. The van der Waals surface area contributed by atoms with Gasteiger partial charge in [-0.05, 0) is 37.8 Å². The van der Waals surface area contributed by atoms with E-state index in [2.05, 4.69) is 31.0 Å². The predicted octanol–water partition coefficient (Wildman–Crippen LogP) is 1.38. The van der Waals surface area contributed by atoms with E-state index in [1.54, 1.807) is 0 Å². The highest BCUT2D eigenvalue weighted by Crippen LogP contribution is 2.41. The summed E-state index contributed by atoms with van der Waals surface area (Å²) >= 11 is 0. The van der Waals surface area contributed by atoms with E-state index < -0.39 is 9.84 Å². The predicted molar refractivity (Wildman–Crippen MR) is 81.2 cm³/mol. The molecule has 0 spiro atoms. The van der Waals surface area contributed by atoms with Gasteiger partial charge in [0.05, 0.1) is 5.75 Å². The van der Waals surface area contributed by atoms with Crippen LogP contribution < -0.4 is 5.32 Å². The standard InChI is InChI=1S/C14H30N2O2S/c1-6-15-13-12(7-8-14(13,2)3)11-16(4)9-10-19(5,17)18/h12-13,15H,6-11H2,1-5H3. The van der Waals surface area contributed by atoms with Crippen LogP contribution in [0.5, 0.6) is 0 Å². The van der Waals surface area contributed by atoms with E-state index in [0.29, 0.717) is 23.9 Å². The van der Waals surface area contributed by atoms with E-state index in [0.717, 1.165) is 13.1 Å². The molecule has 2 atom stereocenters. The van der Waals surface area contributed by atoms with Crippen molar-refractivity contribution in [3.05, 3.63) is 0 Å². The molecule has 0 aromatic rings. The van der Waals surface area contributed by atoms with Crippen molar-refractivity contribution in [1.29, 1.82) is 0 Å². The summed E-state index contributed by atoms with van der Waals surface area (Å²) in [6.45, 7) is 9.43. The fourth-order valence-corrected chi connectivity index (χ4v) is 3.83. The van der Waals surface area contributed by atoms with Gasteiger partial charge in [-0.2, -0.15) is 0 Å². The topological polar surface area (TPSA) is 49.4 Å². The summed E-state index contributed by atoms with van der Waals surface area (Å²) in [4.78, 5) is 2.16. The number of rotatable bonds is 7. The zero-order valence-corrected chi connectivity index (χ0v) is 13.9. The van der Waals surface area contributed by atoms with Crippen molar-refractivity contribution in [2.75, 3.05) is 38.7 Å². The Morgan fingerprint density at radius 3 is 2.53 bits per heavy atom. The third kappa shape index (κ3) is 5.40. The molecule has 1 saturated carbocycles. The monoisotopic (exact) mass is 290 g/mol. The molecule has 0 heterocycles. The van der Waals surface area contributed by atoms with Crippen molar-refractivity contribution in [1.82, 2.24) is 10.2 Å². The Morgan fingerprint density at radius 1 is 1.37 bits per heavy atom. The molecule has 4 nitrogen and oxygen atoms in total. The molecule has 0 aromatic carbocycles. The lowest BCUT2D eigenvalue weighted by Gasteiger charge is -2.33. The summed E-state index contributed by atoms with van der Waals surface area (Å²) in [6.07, 6.45) is 3.78. The highest BCUT2D eigenvalue weighted by Gasteiger charge is 2.41. The van der Waals surface area contributed by atoms with Crippen molar-refractivity contribution in [3.63, 3.8) is 0 Å². The first-order valence-electron chi connectivity index (χ1n) is 7.25. The van der Waals surface area contributed by atoms with Crippen LogP contribution in [-0.2, 0) is 9.84 Å². The van der Waals surface area contributed by atoms with Gasteiger partial charge in [-0.15, -0.1) is 0 Å². The van der Waals surface area contributed by atoms with Crippen molar-refractivity contribution in [3.8, 4) is 0 Å². The Kier molecular flexibility index (Phi) is 5.83. The minimum Gasteiger partial charge on any atom is -0.313 e. The van der Waals surface area contributed by atoms with Crippen LogP contribution >= 0.6 is 0 Å². The van der Waals surface area contributed by atoms with E-state index >= 15 is 0 Å². The van der Waals surface area contributed by atoms with Gasteiger partial charge in [0.15, 0.2) is 0 Å². The molecule has 1 fully saturated rings. The normalized spacial score (nSPS) is 27.1. The molecule has 0 aliphatic heterocycles. The molecule has 114 valence electrons. The second kappa shape index (κ2) is 6.55. The second-order valence-electron chi connectivity index (χ2n) is 6.71. The Bertz CT molecular complexity index is 379. The lowest BCUT2D eigenvalue weighted by Crippen LogP contribution is -2.45. The average molecular weight is 290 g/mol. The first kappa shape index (κ1) is 16.9. The second-order valence-corrected chi connectivity index (χ2v) is 8.97. The highest BCUT2D eigenvalue weighted by atomic mass is 32.2. The average Bonchev–Trinajstić information content (AvgIpc) is 2.53. The molecule has 1 rings (SSSR count). The van der Waals surface area contributed by atoms with Crippen molar-refractivity contribution >= 4 is 9.84 Å². The molecule has 2 unspecified atom stereocenters. The van der Waals surface area contributed by atoms with Gasteiger partial charge < -0.3 is 10.2 Å². The zero-order chi connectivity index (χ0) is 14.7. The first-order valence-corrected chi connectivity index (χ1v) is 9.31. The molecule has 19 heavy (non-hydrogen) atoms. The quantitative estimate of drug-likeness (QED) is 0.769. The van der Waals surface area contributed by atoms with Crippen LogP contribution in [-0.4, -0.2) is 58.1 Å². The molecule has 0 amide bonds. The fourth-order valence-electron chi connectivity index (χ4n) is 3.19. The molecule has 5 heteroatoms. The summed E-state index contributed by atoms with van der Waals surface area (Å²) in [7, 11) is -0.829. The maximum Gasteiger partial charge on any atom is 0.148 e. The van der Waals surface area contributed by atoms with Gasteiger partial charge in [0.2, 0.25) is 0 Å². The van der Waals surface area contributed by atoms with Crippen molar-refractivity contribution in [2.24, 2.45) is 11.3 Å². The summed E-state index contributed by atoms with van der Waals surface area (Å²) in [5, 5.41) is 3.62. The molecule has 1 aliphatic rings. The number of nitrogens with one attached hydrogen (secondary N) is 1. The van der Waals surface area contributed by atoms with Gasteiger partial charge in [0.1, 0.15) is 9.84 Å². The van der Waals surface area contributed by atoms with E-state index in [1.165, 1.54) is 19.1 Å². The van der Waals surface area contributed by atoms with Crippen LogP contribution in [0.15, 0.2) is 0 Å². The van der Waals surface area contributed by atoms with Crippen LogP contribution in [0.3, 0.4) is 0 Å². The largest absolute Gasteiger partial charge is 0.313 e. The maximum absolute atomic E-state index is 11.2. The minimum atomic E-state index is -2.86. The van der Waals surface area contributed by atoms with E-state index in [1.807, 2.05) is 7.05 Å². The third-order valence-corrected chi connectivity index (χ3v) is 5.21. The number of hydrogen-bond acceptors (Lipinski definition) is 4. The van der Waals surface area contributed by atoms with Crippen LogP contribution in [0.4, 0.5) is 0 Å². The van der Waals surface area contributed by atoms with Gasteiger partial charge in [-0.3, -0.25) is 0 Å². The van der Waals surface area contributed by atoms with E-state index in [4.69, 9.17) is 0 Å². The molecule has 0 aromatic heterocycles. The van der Waals surface area contributed by atoms with Crippen molar-refractivity contribution in [2.45, 2.75) is 39.7 Å². The Balaban J connectivity index is 2.51. The molecule has 0 bridgehead atoms. The van der Waals surface area contributed by atoms with E-state index in [-0.39, 0.29) is 5.75 Å². The molecule has 1 aliphatic carbocycles. The Hall–Kier alpha value is -0.130. The van der Waals surface area contributed by atoms with Gasteiger partial charge in [-0.1, -0.05) is 20.8 Å². The van der Waals surface area contributed by atoms with Gasteiger partial charge >= 0.3 is 0 Å². The van der Waals surface area contributed by atoms with Crippen LogP contribution in [0.2, 0.25) is 0 Å². The van der Waals surface area contributed by atoms with Gasteiger partial charge in [-0.25, -0.2) is 8.42 Å². The van der Waals surface area contributed by atoms with Gasteiger partial charge in [0, 0.05) is 25.4 Å². The summed E-state index contributed by atoms with van der Waals surface area (Å²) < 4.78 is 22.4. The molecule has 1 N–H and O–H groups in total. The molecular weight excluding hydrogens is 260 g/mol. The highest BCUT2D eigenvalue weighted by molar-refractivity contribution is 7.90. The third-order valence-electron chi connectivity index (χ3n) is 4.29. The number of sulfone groups is 1. The summed E-state index contributed by atoms with van der Waals surface area (Å²) in [6, 6.07) is 0.540. The lowest BCUT2D eigenvalue weighted by molar-refractivity contribution is 0.210. The van der Waals surface area contributed by atoms with Gasteiger partial charge in [0.25, 0.3) is 0 Å². The lowest BCUT2D eigenvalue weighted by atomic mass is 9.84. The number of hydrogen-bond donors (Lipinski definition) is 1. The Morgan fingerprint density at radius 2 is 2.00 bits per heavy atom. The maximum atomic E-state index is 11.2. The zero-order valence-electron chi connectivity index (χ0n) is 13.1. The van der Waals surface area contributed by atoms with Crippen LogP contribution in [0.25, 0.3) is 0 Å². The summed E-state index contributed by atoms with van der Waals surface area (Å²) in [5.41, 5.74) is 0.346. The smallest absolute Gasteiger partial charge is 0.148 e. The van der Waals surface area contributed by atoms with E-state index in [9.17, 15) is 8.42 Å². The van der Waals surface area contributed by atoms with Crippen molar-refractivity contribution < 1.29 is 8.42 Å². The molecule has 0 radical (unpaired) electrons.